The Morgan fingerprint density at radius 1 is 1.71 bits per heavy atom. The monoisotopic (exact) mass is 208 g/mol. The number of nitrogens with two attached hydrogens (primary N) is 1. The summed E-state index contributed by atoms with van der Waals surface area (Å²) in [6.07, 6.45) is 3.57. The van der Waals surface area contributed by atoms with E-state index in [9.17, 15) is 0 Å². The second kappa shape index (κ2) is 5.35. The lowest BCUT2D eigenvalue weighted by Gasteiger charge is -2.06. The molecule has 0 aliphatic heterocycles. The van der Waals surface area contributed by atoms with Crippen molar-refractivity contribution in [3.8, 4) is 6.07 Å². The first kappa shape index (κ1) is 10.7. The second-order valence-corrected chi connectivity index (χ2v) is 3.68. The van der Waals surface area contributed by atoms with Crippen LogP contribution < -0.4 is 11.1 Å². The maximum absolute atomic E-state index is 8.81. The highest BCUT2D eigenvalue weighted by molar-refractivity contribution is 7.98. The number of pyridine rings is 1. The van der Waals surface area contributed by atoms with Crippen LogP contribution in [0.4, 0.5) is 11.5 Å². The highest BCUT2D eigenvalue weighted by atomic mass is 32.2. The molecular weight excluding hydrogens is 196 g/mol. The third-order valence-electron chi connectivity index (χ3n) is 1.63. The van der Waals surface area contributed by atoms with Crippen molar-refractivity contribution in [1.82, 2.24) is 4.98 Å². The van der Waals surface area contributed by atoms with Gasteiger partial charge in [0.05, 0.1) is 17.4 Å². The minimum Gasteiger partial charge on any atom is -0.397 e. The summed E-state index contributed by atoms with van der Waals surface area (Å²) in [5.41, 5.74) is 6.52. The van der Waals surface area contributed by atoms with Gasteiger partial charge >= 0.3 is 0 Å². The Kier molecular flexibility index (Phi) is 4.08. The van der Waals surface area contributed by atoms with Crippen LogP contribution in [0.25, 0.3) is 0 Å². The van der Waals surface area contributed by atoms with Gasteiger partial charge in [-0.05, 0) is 12.3 Å². The van der Waals surface area contributed by atoms with Gasteiger partial charge in [0, 0.05) is 12.3 Å². The van der Waals surface area contributed by atoms with Crippen LogP contribution in [0.15, 0.2) is 12.3 Å². The van der Waals surface area contributed by atoms with Gasteiger partial charge in [-0.3, -0.25) is 0 Å². The standard InChI is InChI=1S/C9H12N4S/c1-14-3-2-12-9-7(5-10)4-8(11)6-13-9/h4,6H,2-3,11H2,1H3,(H,12,13). The predicted octanol–water partition coefficient (Wildman–Crippen LogP) is 1.31. The molecule has 0 unspecified atom stereocenters. The Labute approximate surface area is 87.5 Å². The van der Waals surface area contributed by atoms with Crippen LogP contribution in [0.2, 0.25) is 0 Å². The average Bonchev–Trinajstić information content (AvgIpc) is 2.20. The fourth-order valence-corrected chi connectivity index (χ4v) is 1.28. The molecule has 0 saturated carbocycles. The smallest absolute Gasteiger partial charge is 0.144 e. The van der Waals surface area contributed by atoms with E-state index < -0.39 is 0 Å². The Bertz CT molecular complexity index is 345. The lowest BCUT2D eigenvalue weighted by molar-refractivity contribution is 1.16. The molecule has 1 aromatic heterocycles. The maximum atomic E-state index is 8.81. The minimum absolute atomic E-state index is 0.492. The summed E-state index contributed by atoms with van der Waals surface area (Å²) in [5.74, 6) is 1.59. The SMILES string of the molecule is CSCCNc1ncc(N)cc1C#N. The molecule has 0 spiro atoms. The number of anilines is 2. The summed E-state index contributed by atoms with van der Waals surface area (Å²) in [4.78, 5) is 4.05. The number of nitrogens with zero attached hydrogens (tertiary/aromatic N) is 2. The van der Waals surface area contributed by atoms with Gasteiger partial charge in [-0.2, -0.15) is 17.0 Å². The molecule has 3 N–H and O–H groups in total. The zero-order chi connectivity index (χ0) is 10.4. The molecule has 0 atom stereocenters. The highest BCUT2D eigenvalue weighted by Crippen LogP contribution is 2.13. The molecule has 0 bridgehead atoms. The van der Waals surface area contributed by atoms with Crippen molar-refractivity contribution in [1.29, 1.82) is 5.26 Å². The zero-order valence-electron chi connectivity index (χ0n) is 7.95. The molecule has 1 aromatic rings. The van der Waals surface area contributed by atoms with Crippen molar-refractivity contribution < 1.29 is 0 Å². The Morgan fingerprint density at radius 3 is 3.14 bits per heavy atom. The molecule has 0 amide bonds. The van der Waals surface area contributed by atoms with Crippen LogP contribution in [-0.4, -0.2) is 23.5 Å². The molecule has 5 heteroatoms. The quantitative estimate of drug-likeness (QED) is 0.730. The lowest BCUT2D eigenvalue weighted by atomic mass is 10.2. The first-order valence-electron chi connectivity index (χ1n) is 4.16. The van der Waals surface area contributed by atoms with Crippen LogP contribution in [0.1, 0.15) is 5.56 Å². The van der Waals surface area contributed by atoms with Crippen LogP contribution in [0, 0.1) is 11.3 Å². The fraction of sp³-hybridized carbons (Fsp3) is 0.333. The first-order chi connectivity index (χ1) is 6.77. The number of thioether (sulfide) groups is 1. The van der Waals surface area contributed by atoms with Gasteiger partial charge in [-0.25, -0.2) is 4.98 Å². The topological polar surface area (TPSA) is 74.7 Å². The van der Waals surface area contributed by atoms with Crippen LogP contribution >= 0.6 is 11.8 Å². The van der Waals surface area contributed by atoms with E-state index in [0.29, 0.717) is 17.1 Å². The molecule has 0 radical (unpaired) electrons. The molecule has 1 heterocycles. The van der Waals surface area contributed by atoms with Gasteiger partial charge in [-0.1, -0.05) is 0 Å². The van der Waals surface area contributed by atoms with Crippen molar-refractivity contribution in [2.45, 2.75) is 0 Å². The minimum atomic E-state index is 0.492. The molecule has 0 aliphatic carbocycles. The van der Waals surface area contributed by atoms with Gasteiger partial charge in [0.15, 0.2) is 0 Å². The molecule has 0 aliphatic rings. The van der Waals surface area contributed by atoms with E-state index in [0.717, 1.165) is 12.3 Å². The van der Waals surface area contributed by atoms with Crippen LogP contribution in [0.3, 0.4) is 0 Å². The number of nitriles is 1. The predicted molar refractivity (Wildman–Crippen MR) is 60.2 cm³/mol. The van der Waals surface area contributed by atoms with E-state index in [-0.39, 0.29) is 0 Å². The summed E-state index contributed by atoms with van der Waals surface area (Å²) in [5, 5.41) is 11.9. The van der Waals surface area contributed by atoms with E-state index in [2.05, 4.69) is 16.4 Å². The average molecular weight is 208 g/mol. The third kappa shape index (κ3) is 2.82. The van der Waals surface area contributed by atoms with E-state index in [1.54, 1.807) is 24.0 Å². The number of rotatable bonds is 4. The van der Waals surface area contributed by atoms with E-state index in [1.165, 1.54) is 0 Å². The Hall–Kier alpha value is -1.41. The molecule has 14 heavy (non-hydrogen) atoms. The van der Waals surface area contributed by atoms with Gasteiger partial charge in [-0.15, -0.1) is 0 Å². The van der Waals surface area contributed by atoms with Gasteiger partial charge in [0.2, 0.25) is 0 Å². The van der Waals surface area contributed by atoms with Crippen molar-refractivity contribution in [2.75, 3.05) is 29.6 Å². The summed E-state index contributed by atoms with van der Waals surface area (Å²) < 4.78 is 0. The largest absolute Gasteiger partial charge is 0.397 e. The summed E-state index contributed by atoms with van der Waals surface area (Å²) in [7, 11) is 0. The fourth-order valence-electron chi connectivity index (χ4n) is 0.979. The molecule has 0 fully saturated rings. The van der Waals surface area contributed by atoms with Crippen LogP contribution in [-0.2, 0) is 0 Å². The van der Waals surface area contributed by atoms with Crippen LogP contribution in [0.5, 0.6) is 0 Å². The summed E-state index contributed by atoms with van der Waals surface area (Å²) in [6.45, 7) is 0.798. The van der Waals surface area contributed by atoms with Crippen molar-refractivity contribution >= 4 is 23.3 Å². The molecule has 0 aromatic carbocycles. The molecule has 4 nitrogen and oxygen atoms in total. The number of nitrogen functional groups attached to an aromatic ring is 1. The molecule has 1 rings (SSSR count). The van der Waals surface area contributed by atoms with E-state index >= 15 is 0 Å². The first-order valence-corrected chi connectivity index (χ1v) is 5.55. The maximum Gasteiger partial charge on any atom is 0.144 e. The summed E-state index contributed by atoms with van der Waals surface area (Å²) >= 11 is 1.74. The number of nitrogens with one attached hydrogen (secondary N) is 1. The molecule has 74 valence electrons. The van der Waals surface area contributed by atoms with Crippen molar-refractivity contribution in [2.24, 2.45) is 0 Å². The van der Waals surface area contributed by atoms with E-state index in [1.807, 2.05) is 6.26 Å². The van der Waals surface area contributed by atoms with Gasteiger partial charge in [0.25, 0.3) is 0 Å². The highest BCUT2D eigenvalue weighted by Gasteiger charge is 2.02. The normalized spacial score (nSPS) is 9.43. The summed E-state index contributed by atoms with van der Waals surface area (Å²) in [6, 6.07) is 3.67. The Morgan fingerprint density at radius 2 is 2.50 bits per heavy atom. The van der Waals surface area contributed by atoms with Crippen molar-refractivity contribution in [3.05, 3.63) is 17.8 Å². The van der Waals surface area contributed by atoms with Gasteiger partial charge < -0.3 is 11.1 Å². The third-order valence-corrected chi connectivity index (χ3v) is 2.24. The second-order valence-electron chi connectivity index (χ2n) is 2.70. The molecular formula is C9H12N4S. The lowest BCUT2D eigenvalue weighted by Crippen LogP contribution is -2.07. The number of hydrogen-bond donors (Lipinski definition) is 2. The molecule has 0 saturated heterocycles. The van der Waals surface area contributed by atoms with E-state index in [4.69, 9.17) is 11.0 Å². The Balaban J connectivity index is 2.72. The van der Waals surface area contributed by atoms with Gasteiger partial charge in [0.1, 0.15) is 11.9 Å². The zero-order valence-corrected chi connectivity index (χ0v) is 8.77. The van der Waals surface area contributed by atoms with Crippen molar-refractivity contribution in [3.63, 3.8) is 0 Å². The number of hydrogen-bond acceptors (Lipinski definition) is 5. The number of aromatic nitrogens is 1.